The fourth-order valence-electron chi connectivity index (χ4n) is 7.57. The molecule has 0 bridgehead atoms. The number of benzene rings is 8. The number of rotatable bonds is 4. The van der Waals surface area contributed by atoms with Crippen LogP contribution in [0.4, 0.5) is 0 Å². The number of para-hydroxylation sites is 2. The van der Waals surface area contributed by atoms with Crippen molar-refractivity contribution < 1.29 is 4.42 Å². The third-order valence-corrected chi connectivity index (χ3v) is 9.76. The summed E-state index contributed by atoms with van der Waals surface area (Å²) in [4.78, 5) is 0. The minimum absolute atomic E-state index is 0.903. The van der Waals surface area contributed by atoms with Crippen molar-refractivity contribution in [3.8, 4) is 39.1 Å². The van der Waals surface area contributed by atoms with Crippen LogP contribution in [0, 0.1) is 0 Å². The maximum atomic E-state index is 6.45. The van der Waals surface area contributed by atoms with Crippen LogP contribution in [0.1, 0.15) is 0 Å². The Balaban J connectivity index is 1.18. The Hall–Kier alpha value is -6.38. The molecule has 0 fully saturated rings. The minimum Gasteiger partial charge on any atom is -0.456 e. The molecule has 0 atom stereocenters. The average Bonchev–Trinajstić information content (AvgIpc) is 3.71. The summed E-state index contributed by atoms with van der Waals surface area (Å²) in [6.07, 6.45) is 0. The molecule has 2 nitrogen and oxygen atoms in total. The number of nitrogens with zero attached hydrogens (tertiary/aromatic N) is 1. The molecule has 0 unspecified atom stereocenters. The molecule has 10 aromatic rings. The van der Waals surface area contributed by atoms with Gasteiger partial charge in [0.15, 0.2) is 0 Å². The summed E-state index contributed by atoms with van der Waals surface area (Å²) < 4.78 is 8.85. The number of fused-ring (bicyclic) bond motifs is 8. The average molecular weight is 612 g/mol. The first-order valence-corrected chi connectivity index (χ1v) is 16.4. The number of hydrogen-bond donors (Lipinski definition) is 0. The maximum Gasteiger partial charge on any atom is 0.136 e. The fourth-order valence-corrected chi connectivity index (χ4v) is 7.57. The van der Waals surface area contributed by atoms with E-state index in [0.29, 0.717) is 0 Å². The lowest BCUT2D eigenvalue weighted by molar-refractivity contribution is 0.669. The molecule has 8 aromatic carbocycles. The molecule has 0 N–H and O–H groups in total. The van der Waals surface area contributed by atoms with Gasteiger partial charge in [-0.2, -0.15) is 0 Å². The largest absolute Gasteiger partial charge is 0.456 e. The standard InChI is InChI=1S/C46H29NO/c1-3-12-30(13-4-1)39-28-35(29-44-46(39)38-20-9-10-21-43(38)48-44)33-16-11-15-32(26-33)34-23-24-41-40(27-34)45-37-19-8-7-14-31(37)22-25-42(45)47(41)36-17-5-2-6-18-36/h1-29H. The van der Waals surface area contributed by atoms with E-state index in [-0.39, 0.29) is 0 Å². The topological polar surface area (TPSA) is 18.1 Å². The number of furan rings is 1. The molecule has 0 aliphatic rings. The second-order valence-electron chi connectivity index (χ2n) is 12.5. The normalized spacial score (nSPS) is 11.8. The lowest BCUT2D eigenvalue weighted by Crippen LogP contribution is -1.93. The quantitative estimate of drug-likeness (QED) is 0.194. The van der Waals surface area contributed by atoms with Crippen LogP contribution in [-0.4, -0.2) is 4.57 Å². The van der Waals surface area contributed by atoms with Gasteiger partial charge in [0.25, 0.3) is 0 Å². The van der Waals surface area contributed by atoms with Gasteiger partial charge in [0.1, 0.15) is 11.2 Å². The highest BCUT2D eigenvalue weighted by Gasteiger charge is 2.17. The van der Waals surface area contributed by atoms with E-state index in [1.165, 1.54) is 54.8 Å². The lowest BCUT2D eigenvalue weighted by atomic mass is 9.93. The summed E-state index contributed by atoms with van der Waals surface area (Å²) in [7, 11) is 0. The third-order valence-electron chi connectivity index (χ3n) is 9.76. The van der Waals surface area contributed by atoms with Gasteiger partial charge >= 0.3 is 0 Å². The highest BCUT2D eigenvalue weighted by Crippen LogP contribution is 2.42. The van der Waals surface area contributed by atoms with Crippen molar-refractivity contribution in [1.29, 1.82) is 0 Å². The van der Waals surface area contributed by atoms with Crippen molar-refractivity contribution in [3.05, 3.63) is 176 Å². The Morgan fingerprint density at radius 1 is 0.354 bits per heavy atom. The van der Waals surface area contributed by atoms with Crippen molar-refractivity contribution in [2.24, 2.45) is 0 Å². The monoisotopic (exact) mass is 611 g/mol. The summed E-state index contributed by atoms with van der Waals surface area (Å²) >= 11 is 0. The summed E-state index contributed by atoms with van der Waals surface area (Å²) in [5.74, 6) is 0. The predicted molar refractivity (Wildman–Crippen MR) is 202 cm³/mol. The van der Waals surface area contributed by atoms with Gasteiger partial charge in [0.2, 0.25) is 0 Å². The summed E-state index contributed by atoms with van der Waals surface area (Å²) in [5, 5.41) is 7.36. The second kappa shape index (κ2) is 10.6. The van der Waals surface area contributed by atoms with Crippen molar-refractivity contribution in [2.75, 3.05) is 0 Å². The zero-order valence-electron chi connectivity index (χ0n) is 26.1. The zero-order chi connectivity index (χ0) is 31.6. The molecule has 48 heavy (non-hydrogen) atoms. The van der Waals surface area contributed by atoms with E-state index in [4.69, 9.17) is 4.42 Å². The van der Waals surface area contributed by atoms with Crippen LogP contribution < -0.4 is 0 Å². The zero-order valence-corrected chi connectivity index (χ0v) is 26.1. The van der Waals surface area contributed by atoms with Gasteiger partial charge in [-0.05, 0) is 98.8 Å². The van der Waals surface area contributed by atoms with Crippen LogP contribution in [0.2, 0.25) is 0 Å². The summed E-state index contributed by atoms with van der Waals surface area (Å²) in [5.41, 5.74) is 12.4. The Morgan fingerprint density at radius 3 is 1.88 bits per heavy atom. The Kier molecular flexibility index (Phi) is 5.91. The molecule has 0 saturated heterocycles. The molecule has 0 amide bonds. The first kappa shape index (κ1) is 26.8. The van der Waals surface area contributed by atoms with E-state index in [9.17, 15) is 0 Å². The van der Waals surface area contributed by atoms with Crippen molar-refractivity contribution in [3.63, 3.8) is 0 Å². The Morgan fingerprint density at radius 2 is 1.02 bits per heavy atom. The second-order valence-corrected chi connectivity index (χ2v) is 12.5. The van der Waals surface area contributed by atoms with Gasteiger partial charge in [-0.1, -0.05) is 121 Å². The van der Waals surface area contributed by atoms with E-state index in [2.05, 4.69) is 174 Å². The van der Waals surface area contributed by atoms with E-state index in [1.807, 2.05) is 6.07 Å². The third kappa shape index (κ3) is 4.13. The first-order valence-electron chi connectivity index (χ1n) is 16.4. The van der Waals surface area contributed by atoms with E-state index in [0.717, 1.165) is 38.8 Å². The SMILES string of the molecule is c1ccc(-c2cc(-c3cccc(-c4ccc5c(c4)c4c6ccccc6ccc4n5-c4ccccc4)c3)cc3oc4ccccc4c23)cc1. The van der Waals surface area contributed by atoms with Crippen molar-refractivity contribution in [1.82, 2.24) is 4.57 Å². The van der Waals surface area contributed by atoms with Crippen LogP contribution in [0.3, 0.4) is 0 Å². The van der Waals surface area contributed by atoms with Gasteiger partial charge in [-0.25, -0.2) is 0 Å². The van der Waals surface area contributed by atoms with Crippen LogP contribution in [0.5, 0.6) is 0 Å². The predicted octanol–water partition coefficient (Wildman–Crippen LogP) is 12.8. The molecule has 0 radical (unpaired) electrons. The Bertz CT molecular complexity index is 2820. The van der Waals surface area contributed by atoms with Crippen LogP contribution in [0.25, 0.3) is 93.6 Å². The molecular formula is C46H29NO. The number of aromatic nitrogens is 1. The highest BCUT2D eigenvalue weighted by atomic mass is 16.3. The molecular weight excluding hydrogens is 583 g/mol. The Labute approximate surface area is 277 Å². The van der Waals surface area contributed by atoms with Gasteiger partial charge in [-0.15, -0.1) is 0 Å². The van der Waals surface area contributed by atoms with E-state index >= 15 is 0 Å². The number of hydrogen-bond acceptors (Lipinski definition) is 1. The first-order chi connectivity index (χ1) is 23.8. The van der Waals surface area contributed by atoms with E-state index in [1.54, 1.807) is 0 Å². The van der Waals surface area contributed by atoms with Gasteiger partial charge in [0, 0.05) is 27.2 Å². The molecule has 224 valence electrons. The molecule has 0 aliphatic heterocycles. The smallest absolute Gasteiger partial charge is 0.136 e. The van der Waals surface area contributed by atoms with Crippen molar-refractivity contribution in [2.45, 2.75) is 0 Å². The van der Waals surface area contributed by atoms with Crippen molar-refractivity contribution >= 4 is 54.5 Å². The van der Waals surface area contributed by atoms with Gasteiger partial charge in [-0.3, -0.25) is 0 Å². The summed E-state index contributed by atoms with van der Waals surface area (Å²) in [6, 6.07) is 63.2. The molecule has 0 spiro atoms. The molecule has 0 aliphatic carbocycles. The molecule has 2 aromatic heterocycles. The van der Waals surface area contributed by atoms with Gasteiger partial charge in [0.05, 0.1) is 11.0 Å². The van der Waals surface area contributed by atoms with Crippen LogP contribution in [0.15, 0.2) is 180 Å². The minimum atomic E-state index is 0.903. The maximum absolute atomic E-state index is 6.45. The molecule has 2 heteroatoms. The molecule has 10 rings (SSSR count). The fraction of sp³-hybridized carbons (Fsp3) is 0. The lowest BCUT2D eigenvalue weighted by Gasteiger charge is -2.11. The van der Waals surface area contributed by atoms with Crippen LogP contribution >= 0.6 is 0 Å². The molecule has 2 heterocycles. The van der Waals surface area contributed by atoms with Crippen LogP contribution in [-0.2, 0) is 0 Å². The highest BCUT2D eigenvalue weighted by molar-refractivity contribution is 6.22. The molecule has 0 saturated carbocycles. The van der Waals surface area contributed by atoms with Gasteiger partial charge < -0.3 is 8.98 Å². The van der Waals surface area contributed by atoms with E-state index < -0.39 is 0 Å². The summed E-state index contributed by atoms with van der Waals surface area (Å²) in [6.45, 7) is 0.